The van der Waals surface area contributed by atoms with E-state index in [4.69, 9.17) is 5.84 Å². The largest absolute Gasteiger partial charge is 0.307 e. The number of rotatable bonds is 2. The van der Waals surface area contributed by atoms with Gasteiger partial charge in [-0.15, -0.1) is 0 Å². The summed E-state index contributed by atoms with van der Waals surface area (Å²) >= 11 is 0. The van der Waals surface area contributed by atoms with Gasteiger partial charge in [-0.05, 0) is 24.5 Å². The smallest absolute Gasteiger partial charge is 0.0553 e. The third-order valence-electron chi connectivity index (χ3n) is 2.74. The minimum absolute atomic E-state index is 0.516. The molecule has 13 heavy (non-hydrogen) atoms. The van der Waals surface area contributed by atoms with Crippen molar-refractivity contribution in [1.82, 2.24) is 0 Å². The van der Waals surface area contributed by atoms with Crippen LogP contribution in [-0.4, -0.2) is 6.04 Å². The van der Waals surface area contributed by atoms with Gasteiger partial charge in [0, 0.05) is 6.04 Å². The Morgan fingerprint density at radius 1 is 1.46 bits per heavy atom. The molecule has 0 saturated heterocycles. The van der Waals surface area contributed by atoms with Crippen molar-refractivity contribution < 1.29 is 0 Å². The van der Waals surface area contributed by atoms with Gasteiger partial charge < -0.3 is 5.01 Å². The van der Waals surface area contributed by atoms with Crippen LogP contribution in [0.15, 0.2) is 24.3 Å². The van der Waals surface area contributed by atoms with Crippen LogP contribution in [0.1, 0.15) is 25.3 Å². The van der Waals surface area contributed by atoms with E-state index in [1.165, 1.54) is 24.1 Å². The van der Waals surface area contributed by atoms with Crippen LogP contribution >= 0.6 is 0 Å². The zero-order valence-electron chi connectivity index (χ0n) is 8.03. The monoisotopic (exact) mass is 176 g/mol. The van der Waals surface area contributed by atoms with Gasteiger partial charge in [-0.2, -0.15) is 0 Å². The van der Waals surface area contributed by atoms with E-state index >= 15 is 0 Å². The first-order valence-electron chi connectivity index (χ1n) is 4.94. The fourth-order valence-electron chi connectivity index (χ4n) is 2.06. The molecule has 1 aromatic rings. The van der Waals surface area contributed by atoms with Crippen molar-refractivity contribution in [2.45, 2.75) is 32.2 Å². The van der Waals surface area contributed by atoms with Crippen molar-refractivity contribution in [1.29, 1.82) is 0 Å². The lowest BCUT2D eigenvalue weighted by Gasteiger charge is -2.21. The molecule has 1 aliphatic heterocycles. The first-order valence-corrected chi connectivity index (χ1v) is 4.94. The number of fused-ring (bicyclic) bond motifs is 1. The number of hydrogen-bond donors (Lipinski definition) is 1. The summed E-state index contributed by atoms with van der Waals surface area (Å²) in [6.45, 7) is 2.21. The molecule has 0 radical (unpaired) electrons. The zero-order valence-corrected chi connectivity index (χ0v) is 8.03. The van der Waals surface area contributed by atoms with Crippen molar-refractivity contribution in [3.05, 3.63) is 29.8 Å². The molecule has 1 aromatic carbocycles. The molecule has 1 unspecified atom stereocenters. The van der Waals surface area contributed by atoms with E-state index in [1.807, 2.05) is 11.1 Å². The Bertz CT molecular complexity index is 296. The Hall–Kier alpha value is -1.02. The second kappa shape index (κ2) is 3.38. The van der Waals surface area contributed by atoms with Crippen LogP contribution in [0.2, 0.25) is 0 Å². The predicted molar refractivity (Wildman–Crippen MR) is 55.5 cm³/mol. The molecule has 0 amide bonds. The summed E-state index contributed by atoms with van der Waals surface area (Å²) in [5.74, 6) is 6.01. The van der Waals surface area contributed by atoms with E-state index in [-0.39, 0.29) is 0 Å². The number of hydrazine groups is 1. The van der Waals surface area contributed by atoms with Gasteiger partial charge >= 0.3 is 0 Å². The minimum atomic E-state index is 0.516. The average molecular weight is 176 g/mol. The number of benzene rings is 1. The lowest BCUT2D eigenvalue weighted by molar-refractivity contribution is 0.579. The summed E-state index contributed by atoms with van der Waals surface area (Å²) < 4.78 is 0. The van der Waals surface area contributed by atoms with Gasteiger partial charge in [0.2, 0.25) is 0 Å². The Kier molecular flexibility index (Phi) is 2.23. The molecule has 0 bridgehead atoms. The normalized spacial score (nSPS) is 20.5. The SMILES string of the molecule is CCCC1Cc2ccccc2N1N. The van der Waals surface area contributed by atoms with E-state index in [0.29, 0.717) is 6.04 Å². The number of nitrogens with zero attached hydrogens (tertiary/aromatic N) is 1. The lowest BCUT2D eigenvalue weighted by Crippen LogP contribution is -2.37. The molecule has 70 valence electrons. The number of hydrogen-bond acceptors (Lipinski definition) is 2. The second-order valence-corrected chi connectivity index (χ2v) is 3.68. The maximum absolute atomic E-state index is 6.01. The van der Waals surface area contributed by atoms with Crippen LogP contribution < -0.4 is 10.9 Å². The molecule has 2 N–H and O–H groups in total. The van der Waals surface area contributed by atoms with Gasteiger partial charge in [-0.1, -0.05) is 31.5 Å². The van der Waals surface area contributed by atoms with E-state index in [0.717, 1.165) is 6.42 Å². The third-order valence-corrected chi connectivity index (χ3v) is 2.74. The Morgan fingerprint density at radius 2 is 2.23 bits per heavy atom. The molecule has 0 aliphatic carbocycles. The fourth-order valence-corrected chi connectivity index (χ4v) is 2.06. The predicted octanol–water partition coefficient (Wildman–Crippen LogP) is 2.09. The van der Waals surface area contributed by atoms with E-state index in [2.05, 4.69) is 25.1 Å². The molecular weight excluding hydrogens is 160 g/mol. The quantitative estimate of drug-likeness (QED) is 0.699. The highest BCUT2D eigenvalue weighted by Crippen LogP contribution is 2.30. The summed E-state index contributed by atoms with van der Waals surface area (Å²) in [7, 11) is 0. The molecule has 2 rings (SSSR count). The van der Waals surface area contributed by atoms with Gasteiger partial charge in [0.1, 0.15) is 0 Å². The van der Waals surface area contributed by atoms with Crippen molar-refractivity contribution in [2.75, 3.05) is 5.01 Å². The topological polar surface area (TPSA) is 29.3 Å². The Balaban J connectivity index is 2.22. The van der Waals surface area contributed by atoms with Crippen molar-refractivity contribution in [3.8, 4) is 0 Å². The van der Waals surface area contributed by atoms with E-state index < -0.39 is 0 Å². The highest BCUT2D eigenvalue weighted by Gasteiger charge is 2.25. The number of para-hydroxylation sites is 1. The molecule has 1 atom stereocenters. The Morgan fingerprint density at radius 3 is 2.92 bits per heavy atom. The van der Waals surface area contributed by atoms with Crippen LogP contribution in [0.5, 0.6) is 0 Å². The van der Waals surface area contributed by atoms with Gasteiger partial charge in [-0.25, -0.2) is 5.84 Å². The molecular formula is C11H16N2. The zero-order chi connectivity index (χ0) is 9.26. The molecule has 0 saturated carbocycles. The molecule has 0 spiro atoms. The Labute approximate surface area is 79.3 Å². The van der Waals surface area contributed by atoms with Crippen LogP contribution in [0, 0.1) is 0 Å². The van der Waals surface area contributed by atoms with Crippen LogP contribution in [0.25, 0.3) is 0 Å². The maximum atomic E-state index is 6.01. The average Bonchev–Trinajstić information content (AvgIpc) is 2.46. The van der Waals surface area contributed by atoms with Gasteiger partial charge in [0.15, 0.2) is 0 Å². The van der Waals surface area contributed by atoms with Crippen molar-refractivity contribution in [3.63, 3.8) is 0 Å². The number of anilines is 1. The van der Waals surface area contributed by atoms with E-state index in [1.54, 1.807) is 0 Å². The van der Waals surface area contributed by atoms with Gasteiger partial charge in [0.05, 0.1) is 5.69 Å². The van der Waals surface area contributed by atoms with Crippen molar-refractivity contribution >= 4 is 5.69 Å². The first-order chi connectivity index (χ1) is 6.33. The molecule has 1 heterocycles. The maximum Gasteiger partial charge on any atom is 0.0553 e. The van der Waals surface area contributed by atoms with Gasteiger partial charge in [-0.3, -0.25) is 0 Å². The molecule has 0 fully saturated rings. The minimum Gasteiger partial charge on any atom is -0.307 e. The molecule has 2 nitrogen and oxygen atoms in total. The van der Waals surface area contributed by atoms with Crippen LogP contribution in [-0.2, 0) is 6.42 Å². The number of nitrogens with two attached hydrogens (primary N) is 1. The summed E-state index contributed by atoms with van der Waals surface area (Å²) in [6, 6.07) is 8.92. The summed E-state index contributed by atoms with van der Waals surface area (Å²) in [5, 5.41) is 1.93. The standard InChI is InChI=1S/C11H16N2/c1-2-5-10-8-9-6-3-4-7-11(9)13(10)12/h3-4,6-7,10H,2,5,8,12H2,1H3. The van der Waals surface area contributed by atoms with Crippen LogP contribution in [0.3, 0.4) is 0 Å². The summed E-state index contributed by atoms with van der Waals surface area (Å²) in [5.41, 5.74) is 2.60. The van der Waals surface area contributed by atoms with Gasteiger partial charge in [0.25, 0.3) is 0 Å². The molecule has 2 heteroatoms. The lowest BCUT2D eigenvalue weighted by atomic mass is 10.1. The van der Waals surface area contributed by atoms with Crippen molar-refractivity contribution in [2.24, 2.45) is 5.84 Å². The summed E-state index contributed by atoms with van der Waals surface area (Å²) in [4.78, 5) is 0. The second-order valence-electron chi connectivity index (χ2n) is 3.68. The van der Waals surface area contributed by atoms with E-state index in [9.17, 15) is 0 Å². The highest BCUT2D eigenvalue weighted by atomic mass is 15.4. The molecule has 1 aliphatic rings. The molecule has 0 aromatic heterocycles. The first kappa shape index (κ1) is 8.57. The van der Waals surface area contributed by atoms with Crippen LogP contribution in [0.4, 0.5) is 5.69 Å². The summed E-state index contributed by atoms with van der Waals surface area (Å²) in [6.07, 6.45) is 3.50. The highest BCUT2D eigenvalue weighted by molar-refractivity contribution is 5.57. The fraction of sp³-hybridized carbons (Fsp3) is 0.455. The third kappa shape index (κ3) is 1.42.